The molecule has 0 N–H and O–H groups in total. The first kappa shape index (κ1) is 44.1. The van der Waals surface area contributed by atoms with Gasteiger partial charge in [0.2, 0.25) is 0 Å². The van der Waals surface area contributed by atoms with Crippen LogP contribution in [0.4, 0.5) is 11.4 Å². The van der Waals surface area contributed by atoms with E-state index in [-0.39, 0.29) is 0 Å². The molecular formula is C67H55N3S. The molecule has 1 atom stereocenters. The minimum atomic E-state index is 0.302. The van der Waals surface area contributed by atoms with E-state index in [0.29, 0.717) is 5.92 Å². The molecule has 0 saturated carbocycles. The van der Waals surface area contributed by atoms with E-state index in [1.165, 1.54) is 109 Å². The van der Waals surface area contributed by atoms with Crippen LogP contribution in [0.3, 0.4) is 0 Å². The number of hydrogen-bond acceptors (Lipinski definition) is 2. The molecule has 4 heteroatoms. The highest BCUT2D eigenvalue weighted by atomic mass is 32.1. The molecule has 2 aliphatic rings. The topological polar surface area (TPSA) is 12.6 Å². The minimum absolute atomic E-state index is 0.302. The predicted octanol–water partition coefficient (Wildman–Crippen LogP) is 19.3. The number of para-hydroxylation sites is 6. The van der Waals surface area contributed by atoms with Crippen LogP contribution in [0.5, 0.6) is 0 Å². The van der Waals surface area contributed by atoms with Crippen LogP contribution in [0.25, 0.3) is 92.9 Å². The van der Waals surface area contributed by atoms with Crippen molar-refractivity contribution in [3.8, 4) is 16.8 Å². The van der Waals surface area contributed by atoms with Crippen molar-refractivity contribution < 1.29 is 0 Å². The molecule has 4 heterocycles. The number of benzene rings is 8. The molecule has 1 unspecified atom stereocenters. The second-order valence-electron chi connectivity index (χ2n) is 18.2. The number of allylic oxidation sites excluding steroid dienone is 7. The molecule has 0 amide bonds. The molecule has 0 aliphatic heterocycles. The van der Waals surface area contributed by atoms with Crippen molar-refractivity contribution in [2.75, 3.05) is 4.90 Å². The lowest BCUT2D eigenvalue weighted by molar-refractivity contribution is 0.841. The van der Waals surface area contributed by atoms with Crippen molar-refractivity contribution >= 4 is 98.8 Å². The maximum atomic E-state index is 3.46. The number of nitrogens with zero attached hydrogens (tertiary/aromatic N) is 3. The molecule has 4 aromatic heterocycles. The van der Waals surface area contributed by atoms with E-state index in [9.17, 15) is 0 Å². The standard InChI is InChI=1S/C60H41N3S.C5H8.C2H6/c1-2-13-41(14-3-1)62-53-23-7-4-15-45(53)48-19-10-18-44(58(48)62)39-29-34-43(35-30-39)61(42-32-27-38(28-33-42)40-31-36-57-52(37-40)47-17-6-9-26-56(47)64-57)55-25-12-22-51-50-21-11-20-49-46-16-5-8-24-54(46)63(59(49)50)60(51)55;1-3-5-4-2;1-2/h1-8,10-25,27,29-38H,9,26,28H2;3-5H,1H2,2H3;1-2H3/b;5-4-;. The quantitative estimate of drug-likeness (QED) is 0.145. The second-order valence-corrected chi connectivity index (χ2v) is 19.4. The van der Waals surface area contributed by atoms with Crippen LogP contribution < -0.4 is 4.90 Å². The zero-order valence-corrected chi connectivity index (χ0v) is 41.3. The zero-order valence-electron chi connectivity index (χ0n) is 40.5. The molecule has 71 heavy (non-hydrogen) atoms. The van der Waals surface area contributed by atoms with E-state index in [2.05, 4.69) is 227 Å². The fraction of sp³-hybridized carbons (Fsp3) is 0.104. The summed E-state index contributed by atoms with van der Waals surface area (Å²) in [6.45, 7) is 9.42. The Balaban J connectivity index is 0.000000699. The summed E-state index contributed by atoms with van der Waals surface area (Å²) in [5.74, 6) is 0.302. The van der Waals surface area contributed by atoms with Gasteiger partial charge < -0.3 is 13.9 Å². The first-order valence-electron chi connectivity index (χ1n) is 25.2. The lowest BCUT2D eigenvalue weighted by Gasteiger charge is -2.30. The lowest BCUT2D eigenvalue weighted by atomic mass is 9.89. The first-order chi connectivity index (χ1) is 35.2. The van der Waals surface area contributed by atoms with Crippen molar-refractivity contribution in [2.24, 2.45) is 0 Å². The molecule has 0 fully saturated rings. The number of aromatic nitrogens is 2. The van der Waals surface area contributed by atoms with E-state index in [0.717, 1.165) is 30.6 Å². The smallest absolute Gasteiger partial charge is 0.0782 e. The highest BCUT2D eigenvalue weighted by molar-refractivity contribution is 7.19. The summed E-state index contributed by atoms with van der Waals surface area (Å²) in [7, 11) is 0. The Bertz CT molecular complexity index is 4080. The van der Waals surface area contributed by atoms with Gasteiger partial charge >= 0.3 is 0 Å². The lowest BCUT2D eigenvalue weighted by Crippen LogP contribution is -2.18. The van der Waals surface area contributed by atoms with Gasteiger partial charge in [0.25, 0.3) is 0 Å². The summed E-state index contributed by atoms with van der Waals surface area (Å²) in [5, 5.41) is 9.07. The average Bonchev–Trinajstić information content (AvgIpc) is 4.19. The molecule has 14 rings (SSSR count). The summed E-state index contributed by atoms with van der Waals surface area (Å²) in [4.78, 5) is 4.03. The van der Waals surface area contributed by atoms with Gasteiger partial charge in [0.05, 0.1) is 33.3 Å². The van der Waals surface area contributed by atoms with Crippen molar-refractivity contribution in [1.82, 2.24) is 8.97 Å². The Hall–Kier alpha value is -8.18. The van der Waals surface area contributed by atoms with Crippen LogP contribution in [-0.2, 0) is 6.42 Å². The SMILES string of the molecule is C1=Cc2c(sc3ccc(C4C=CC(N(c5ccc(-c6cccc7c8ccccc8n(-c8ccccc8)c67)cc5)c5cccc6c7cccc8c9ccccc9n(c56)c87)=CC4)cc23)CC1.C=C/C=C\C.CC. The van der Waals surface area contributed by atoms with Gasteiger partial charge in [-0.05, 0) is 104 Å². The Morgan fingerprint density at radius 1 is 0.620 bits per heavy atom. The predicted molar refractivity (Wildman–Crippen MR) is 310 cm³/mol. The number of thiophene rings is 1. The molecule has 0 bridgehead atoms. The van der Waals surface area contributed by atoms with Gasteiger partial charge in [-0.25, -0.2) is 0 Å². The van der Waals surface area contributed by atoms with Crippen molar-refractivity contribution in [3.63, 3.8) is 0 Å². The molecule has 2 aliphatic carbocycles. The number of aryl methyl sites for hydroxylation is 1. The Morgan fingerprint density at radius 2 is 1.28 bits per heavy atom. The van der Waals surface area contributed by atoms with Crippen LogP contribution in [0.1, 0.15) is 55.5 Å². The zero-order chi connectivity index (χ0) is 48.0. The van der Waals surface area contributed by atoms with Gasteiger partial charge in [0, 0.05) is 75.8 Å². The average molecular weight is 934 g/mol. The molecule has 8 aromatic carbocycles. The number of anilines is 2. The third-order valence-electron chi connectivity index (χ3n) is 14.4. The van der Waals surface area contributed by atoms with Gasteiger partial charge in [0.1, 0.15) is 0 Å². The van der Waals surface area contributed by atoms with E-state index in [1.807, 2.05) is 44.3 Å². The Labute approximate surface area is 419 Å². The normalized spacial score (nSPS) is 14.4. The Kier molecular flexibility index (Phi) is 11.6. The van der Waals surface area contributed by atoms with E-state index in [1.54, 1.807) is 6.08 Å². The maximum Gasteiger partial charge on any atom is 0.0782 e. The number of fused-ring (bicyclic) bond motifs is 12. The third kappa shape index (κ3) is 7.32. The van der Waals surface area contributed by atoms with Crippen LogP contribution >= 0.6 is 11.3 Å². The maximum absolute atomic E-state index is 3.46. The summed E-state index contributed by atoms with van der Waals surface area (Å²) in [5.41, 5.74) is 16.1. The van der Waals surface area contributed by atoms with Gasteiger partial charge in [-0.1, -0.05) is 184 Å². The number of hydrogen-bond donors (Lipinski definition) is 0. The van der Waals surface area contributed by atoms with Gasteiger partial charge in [0.15, 0.2) is 0 Å². The number of rotatable bonds is 7. The fourth-order valence-electron chi connectivity index (χ4n) is 11.3. The monoisotopic (exact) mass is 933 g/mol. The van der Waals surface area contributed by atoms with Crippen LogP contribution in [0.15, 0.2) is 231 Å². The Morgan fingerprint density at radius 3 is 2.01 bits per heavy atom. The summed E-state index contributed by atoms with van der Waals surface area (Å²) < 4.78 is 6.35. The van der Waals surface area contributed by atoms with Crippen LogP contribution in [0.2, 0.25) is 0 Å². The molecule has 12 aromatic rings. The molecule has 0 spiro atoms. The first-order valence-corrected chi connectivity index (χ1v) is 26.0. The third-order valence-corrected chi connectivity index (χ3v) is 15.6. The van der Waals surface area contributed by atoms with Crippen molar-refractivity contribution in [3.05, 3.63) is 247 Å². The summed E-state index contributed by atoms with van der Waals surface area (Å²) >= 11 is 1.97. The van der Waals surface area contributed by atoms with Gasteiger partial charge in [-0.15, -0.1) is 11.3 Å². The molecule has 0 saturated heterocycles. The van der Waals surface area contributed by atoms with Gasteiger partial charge in [-0.2, -0.15) is 0 Å². The summed E-state index contributed by atoms with van der Waals surface area (Å²) in [6.07, 6.45) is 20.8. The molecule has 3 nitrogen and oxygen atoms in total. The van der Waals surface area contributed by atoms with Crippen molar-refractivity contribution in [2.45, 2.75) is 46.0 Å². The molecular weight excluding hydrogens is 879 g/mol. The van der Waals surface area contributed by atoms with E-state index < -0.39 is 0 Å². The highest BCUT2D eigenvalue weighted by Crippen LogP contribution is 2.47. The van der Waals surface area contributed by atoms with E-state index in [4.69, 9.17) is 0 Å². The second kappa shape index (κ2) is 18.6. The van der Waals surface area contributed by atoms with E-state index >= 15 is 0 Å². The largest absolute Gasteiger partial charge is 0.309 e. The van der Waals surface area contributed by atoms with Crippen molar-refractivity contribution in [1.29, 1.82) is 0 Å². The van der Waals surface area contributed by atoms with Gasteiger partial charge in [-0.3, -0.25) is 0 Å². The minimum Gasteiger partial charge on any atom is -0.309 e. The summed E-state index contributed by atoms with van der Waals surface area (Å²) in [6, 6.07) is 65.4. The molecule has 0 radical (unpaired) electrons. The van der Waals surface area contributed by atoms with Crippen LogP contribution in [-0.4, -0.2) is 8.97 Å². The fourth-order valence-corrected chi connectivity index (χ4v) is 12.5. The molecule has 344 valence electrons. The van der Waals surface area contributed by atoms with Crippen LogP contribution in [0, 0.1) is 0 Å². The highest BCUT2D eigenvalue weighted by Gasteiger charge is 2.26.